The summed E-state index contributed by atoms with van der Waals surface area (Å²) in [4.78, 5) is 9.43. The number of nitrogens with zero attached hydrogens (tertiary/aromatic N) is 6. The van der Waals surface area contributed by atoms with E-state index in [0.29, 0.717) is 29.0 Å². The van der Waals surface area contributed by atoms with Gasteiger partial charge in [0.15, 0.2) is 5.65 Å². The molecule has 0 spiro atoms. The van der Waals surface area contributed by atoms with Crippen LogP contribution in [-0.4, -0.2) is 63.8 Å². The summed E-state index contributed by atoms with van der Waals surface area (Å²) >= 11 is 6.71. The predicted molar refractivity (Wildman–Crippen MR) is 140 cm³/mol. The molecule has 4 aromatic rings. The number of ether oxygens (including phenoxy) is 1. The van der Waals surface area contributed by atoms with Gasteiger partial charge in [-0.1, -0.05) is 17.7 Å². The average Bonchev–Trinajstić information content (AvgIpc) is 3.38. The predicted octanol–water partition coefficient (Wildman–Crippen LogP) is 4.73. The van der Waals surface area contributed by atoms with Crippen molar-refractivity contribution in [2.24, 2.45) is 0 Å². The van der Waals surface area contributed by atoms with E-state index >= 15 is 0 Å². The maximum Gasteiger partial charge on any atom is 0.170 e. The Morgan fingerprint density at radius 2 is 1.92 bits per heavy atom. The summed E-state index contributed by atoms with van der Waals surface area (Å²) in [6.45, 7) is 8.69. The van der Waals surface area contributed by atoms with Crippen LogP contribution in [0.3, 0.4) is 0 Å². The van der Waals surface area contributed by atoms with E-state index in [1.807, 2.05) is 28.8 Å². The van der Waals surface area contributed by atoms with E-state index in [1.165, 1.54) is 19.2 Å². The number of benzene rings is 1. The highest BCUT2D eigenvalue weighted by Gasteiger charge is 2.22. The van der Waals surface area contributed by atoms with E-state index in [1.54, 1.807) is 12.4 Å². The van der Waals surface area contributed by atoms with Crippen LogP contribution in [-0.2, 0) is 6.54 Å². The van der Waals surface area contributed by atoms with Crippen molar-refractivity contribution in [3.8, 4) is 16.9 Å². The van der Waals surface area contributed by atoms with Gasteiger partial charge in [0.05, 0.1) is 12.1 Å². The van der Waals surface area contributed by atoms with Gasteiger partial charge >= 0.3 is 0 Å². The highest BCUT2D eigenvalue weighted by molar-refractivity contribution is 6.33. The summed E-state index contributed by atoms with van der Waals surface area (Å²) in [5.74, 6) is 1.76. The Hall–Kier alpha value is -3.43. The first-order chi connectivity index (χ1) is 17.4. The summed E-state index contributed by atoms with van der Waals surface area (Å²) in [6, 6.07) is 10.9. The Morgan fingerprint density at radius 1 is 1.11 bits per heavy atom. The molecule has 1 fully saturated rings. The normalized spacial score (nSPS) is 14.6. The molecule has 1 aromatic carbocycles. The van der Waals surface area contributed by atoms with Crippen molar-refractivity contribution in [2.45, 2.75) is 26.4 Å². The van der Waals surface area contributed by atoms with Crippen LogP contribution in [0.25, 0.3) is 16.8 Å². The molecule has 0 saturated carbocycles. The minimum absolute atomic E-state index is 0.336. The Balaban J connectivity index is 1.37. The molecule has 0 unspecified atom stereocenters. The molecule has 8 nitrogen and oxygen atoms in total. The molecule has 0 atom stereocenters. The molecule has 1 saturated heterocycles. The highest BCUT2D eigenvalue weighted by atomic mass is 35.5. The van der Waals surface area contributed by atoms with Crippen molar-refractivity contribution in [3.05, 3.63) is 65.3 Å². The average molecular weight is 510 g/mol. The van der Waals surface area contributed by atoms with E-state index in [9.17, 15) is 4.39 Å². The summed E-state index contributed by atoms with van der Waals surface area (Å²) in [6.07, 6.45) is 3.50. The first-order valence-corrected chi connectivity index (χ1v) is 12.4. The van der Waals surface area contributed by atoms with Gasteiger partial charge in [0.1, 0.15) is 29.5 Å². The summed E-state index contributed by atoms with van der Waals surface area (Å²) in [5, 5.41) is 12.4. The Kier molecular flexibility index (Phi) is 6.93. The zero-order chi connectivity index (χ0) is 25.2. The molecule has 5 rings (SSSR count). The highest BCUT2D eigenvalue weighted by Crippen LogP contribution is 2.32. The lowest BCUT2D eigenvalue weighted by atomic mass is 10.1. The van der Waals surface area contributed by atoms with Crippen LogP contribution in [0.15, 0.2) is 48.9 Å². The fraction of sp³-hybridized carbons (Fsp3) is 0.346. The molecule has 0 bridgehead atoms. The van der Waals surface area contributed by atoms with Gasteiger partial charge in [-0.2, -0.15) is 0 Å². The number of pyridine rings is 2. The number of anilines is 2. The number of hydrogen-bond acceptors (Lipinski definition) is 7. The van der Waals surface area contributed by atoms with E-state index in [0.717, 1.165) is 54.5 Å². The molecule has 1 aliphatic rings. The molecule has 1 aliphatic heterocycles. The summed E-state index contributed by atoms with van der Waals surface area (Å²) < 4.78 is 20.7. The zero-order valence-corrected chi connectivity index (χ0v) is 21.3. The second kappa shape index (κ2) is 10.3. The standard InChI is InChI=1S/C26H29ClFN7O/c1-17(2)33-8-10-34(11-9-33)26-22(27)12-19(15-30-26)21-6-7-24(35-16-31-32-25(21)35)29-14-18-4-5-20(28)13-23(18)36-3/h4-7,12-13,15-17,29H,8-11,14H2,1-3H3. The molecule has 0 radical (unpaired) electrons. The fourth-order valence-corrected chi connectivity index (χ4v) is 4.88. The van der Waals surface area contributed by atoms with Crippen molar-refractivity contribution < 1.29 is 9.13 Å². The van der Waals surface area contributed by atoms with Crippen LogP contribution in [0.1, 0.15) is 19.4 Å². The molecule has 36 heavy (non-hydrogen) atoms. The first-order valence-electron chi connectivity index (χ1n) is 12.0. The summed E-state index contributed by atoms with van der Waals surface area (Å²) in [5.41, 5.74) is 3.27. The minimum atomic E-state index is -0.336. The van der Waals surface area contributed by atoms with Gasteiger partial charge in [0.25, 0.3) is 0 Å². The van der Waals surface area contributed by atoms with Crippen molar-refractivity contribution in [1.29, 1.82) is 0 Å². The first kappa shape index (κ1) is 24.3. The maximum atomic E-state index is 13.5. The molecule has 188 valence electrons. The third kappa shape index (κ3) is 4.81. The summed E-state index contributed by atoms with van der Waals surface area (Å²) in [7, 11) is 1.53. The van der Waals surface area contributed by atoms with Crippen molar-refractivity contribution in [1.82, 2.24) is 24.5 Å². The zero-order valence-electron chi connectivity index (χ0n) is 20.6. The second-order valence-electron chi connectivity index (χ2n) is 9.11. The number of methoxy groups -OCH3 is 1. The molecular formula is C26H29ClFN7O. The molecule has 4 heterocycles. The number of nitrogens with one attached hydrogen (secondary N) is 1. The number of rotatable bonds is 7. The Morgan fingerprint density at radius 3 is 2.64 bits per heavy atom. The van der Waals surface area contributed by atoms with Gasteiger partial charge in [-0.15, -0.1) is 10.2 Å². The lowest BCUT2D eigenvalue weighted by Crippen LogP contribution is -2.49. The number of piperazine rings is 1. The molecule has 10 heteroatoms. The lowest BCUT2D eigenvalue weighted by molar-refractivity contribution is 0.209. The van der Waals surface area contributed by atoms with Crippen LogP contribution in [0.4, 0.5) is 16.0 Å². The smallest absolute Gasteiger partial charge is 0.170 e. The van der Waals surface area contributed by atoms with Gasteiger partial charge in [0.2, 0.25) is 0 Å². The molecule has 1 N–H and O–H groups in total. The van der Waals surface area contributed by atoms with Crippen LogP contribution >= 0.6 is 11.6 Å². The number of halogens is 2. The van der Waals surface area contributed by atoms with E-state index in [4.69, 9.17) is 21.3 Å². The van der Waals surface area contributed by atoms with Crippen molar-refractivity contribution in [2.75, 3.05) is 43.5 Å². The number of aromatic nitrogens is 4. The molecular weight excluding hydrogens is 481 g/mol. The maximum absolute atomic E-state index is 13.5. The number of hydrogen-bond donors (Lipinski definition) is 1. The lowest BCUT2D eigenvalue weighted by Gasteiger charge is -2.37. The number of fused-ring (bicyclic) bond motifs is 1. The van der Waals surface area contributed by atoms with Crippen molar-refractivity contribution in [3.63, 3.8) is 0 Å². The van der Waals surface area contributed by atoms with Crippen LogP contribution in [0.5, 0.6) is 5.75 Å². The molecule has 0 aliphatic carbocycles. The van der Waals surface area contributed by atoms with E-state index in [2.05, 4.69) is 39.2 Å². The topological polar surface area (TPSA) is 70.8 Å². The van der Waals surface area contributed by atoms with Gasteiger partial charge in [-0.25, -0.2) is 9.37 Å². The van der Waals surface area contributed by atoms with Crippen LogP contribution < -0.4 is 15.0 Å². The van der Waals surface area contributed by atoms with Crippen molar-refractivity contribution >= 4 is 28.9 Å². The Bertz CT molecular complexity index is 1370. The Labute approximate surface area is 214 Å². The van der Waals surface area contributed by atoms with E-state index < -0.39 is 0 Å². The molecule has 3 aromatic heterocycles. The van der Waals surface area contributed by atoms with E-state index in [-0.39, 0.29) is 5.82 Å². The van der Waals surface area contributed by atoms with Gasteiger partial charge < -0.3 is 15.0 Å². The van der Waals surface area contributed by atoms with Gasteiger partial charge in [0, 0.05) is 67.7 Å². The fourth-order valence-electron chi connectivity index (χ4n) is 4.59. The third-order valence-electron chi connectivity index (χ3n) is 6.64. The second-order valence-corrected chi connectivity index (χ2v) is 9.52. The SMILES string of the molecule is COc1cc(F)ccc1CNc1ccc(-c2cnc(N3CCN(C(C)C)CC3)c(Cl)c2)c2nncn12. The van der Waals surface area contributed by atoms with Gasteiger partial charge in [-0.05, 0) is 38.1 Å². The van der Waals surface area contributed by atoms with Crippen LogP contribution in [0.2, 0.25) is 5.02 Å². The third-order valence-corrected chi connectivity index (χ3v) is 6.92. The van der Waals surface area contributed by atoms with Crippen LogP contribution in [0, 0.1) is 5.82 Å². The monoisotopic (exact) mass is 509 g/mol. The largest absolute Gasteiger partial charge is 0.496 e. The molecule has 0 amide bonds. The van der Waals surface area contributed by atoms with Gasteiger partial charge in [-0.3, -0.25) is 9.30 Å². The minimum Gasteiger partial charge on any atom is -0.496 e. The quantitative estimate of drug-likeness (QED) is 0.386.